The molecular weight excluding hydrogens is 402 g/mol. The Bertz CT molecular complexity index is 1360. The largest absolute Gasteiger partial charge is 0.326 e. The maximum Gasteiger partial charge on any atom is 0.228 e. The van der Waals surface area contributed by atoms with Gasteiger partial charge in [0.25, 0.3) is 0 Å². The number of carbonyl (C=O) groups is 1. The molecule has 0 radical (unpaired) electrons. The fraction of sp³-hybridized carbons (Fsp3) is 0.0385. The standard InChI is InChI=1S/C26H19N3OS/c30-25(16-19-9-5-8-18-7-1-2-12-22(18)19)28-21-11-6-10-20(15-21)24-17-31-26(29-24)23-13-3-4-14-27-23/h1-15,17H,16H2,(H,28,30). The molecule has 0 saturated heterocycles. The molecule has 5 heteroatoms. The molecule has 0 aliphatic heterocycles. The molecule has 0 aliphatic rings. The van der Waals surface area contributed by atoms with Crippen LogP contribution in [0.5, 0.6) is 0 Å². The highest BCUT2D eigenvalue weighted by Crippen LogP contribution is 2.29. The van der Waals surface area contributed by atoms with Crippen molar-refractivity contribution in [2.24, 2.45) is 0 Å². The molecule has 0 fully saturated rings. The van der Waals surface area contributed by atoms with Gasteiger partial charge < -0.3 is 5.32 Å². The van der Waals surface area contributed by atoms with E-state index in [4.69, 9.17) is 4.98 Å². The summed E-state index contributed by atoms with van der Waals surface area (Å²) in [4.78, 5) is 21.8. The first-order chi connectivity index (χ1) is 15.3. The van der Waals surface area contributed by atoms with Gasteiger partial charge in [0.2, 0.25) is 5.91 Å². The SMILES string of the molecule is O=C(Cc1cccc2ccccc12)Nc1cccc(-c2csc(-c3ccccn3)n2)c1. The molecule has 0 atom stereocenters. The second kappa shape index (κ2) is 8.50. The zero-order chi connectivity index (χ0) is 21.0. The number of anilines is 1. The van der Waals surface area contributed by atoms with Gasteiger partial charge in [-0.3, -0.25) is 9.78 Å². The van der Waals surface area contributed by atoms with Crippen molar-refractivity contribution in [1.29, 1.82) is 0 Å². The Morgan fingerprint density at radius 2 is 1.71 bits per heavy atom. The zero-order valence-electron chi connectivity index (χ0n) is 16.7. The summed E-state index contributed by atoms with van der Waals surface area (Å²) in [6.45, 7) is 0. The summed E-state index contributed by atoms with van der Waals surface area (Å²) in [7, 11) is 0. The van der Waals surface area contributed by atoms with Crippen LogP contribution in [-0.2, 0) is 11.2 Å². The number of hydrogen-bond acceptors (Lipinski definition) is 4. The van der Waals surface area contributed by atoms with Gasteiger partial charge in [-0.1, -0.05) is 60.7 Å². The van der Waals surface area contributed by atoms with Crippen LogP contribution >= 0.6 is 11.3 Å². The maximum absolute atomic E-state index is 12.7. The second-order valence-corrected chi connectivity index (χ2v) is 8.06. The number of benzene rings is 3. The number of rotatable bonds is 5. The molecule has 0 spiro atoms. The van der Waals surface area contributed by atoms with Crippen molar-refractivity contribution in [2.75, 3.05) is 5.32 Å². The van der Waals surface area contributed by atoms with Gasteiger partial charge in [-0.15, -0.1) is 11.3 Å². The van der Waals surface area contributed by atoms with E-state index in [1.165, 1.54) is 0 Å². The molecule has 0 aliphatic carbocycles. The van der Waals surface area contributed by atoms with Crippen LogP contribution in [0.3, 0.4) is 0 Å². The number of nitrogens with zero attached hydrogens (tertiary/aromatic N) is 2. The van der Waals surface area contributed by atoms with E-state index in [1.807, 2.05) is 72.1 Å². The van der Waals surface area contributed by atoms with Gasteiger partial charge in [-0.25, -0.2) is 4.98 Å². The fourth-order valence-corrected chi connectivity index (χ4v) is 4.40. The van der Waals surface area contributed by atoms with E-state index in [-0.39, 0.29) is 5.91 Å². The van der Waals surface area contributed by atoms with E-state index in [2.05, 4.69) is 28.5 Å². The van der Waals surface area contributed by atoms with E-state index < -0.39 is 0 Å². The summed E-state index contributed by atoms with van der Waals surface area (Å²) in [5.41, 5.74) is 4.47. The van der Waals surface area contributed by atoms with E-state index >= 15 is 0 Å². The lowest BCUT2D eigenvalue weighted by atomic mass is 10.0. The summed E-state index contributed by atoms with van der Waals surface area (Å²) in [5, 5.41) is 8.17. The molecule has 150 valence electrons. The van der Waals surface area contributed by atoms with Gasteiger partial charge in [0.1, 0.15) is 5.01 Å². The lowest BCUT2D eigenvalue weighted by molar-refractivity contribution is -0.115. The zero-order valence-corrected chi connectivity index (χ0v) is 17.5. The number of aromatic nitrogens is 2. The van der Waals surface area contributed by atoms with E-state index in [0.717, 1.165) is 44.0 Å². The Balaban J connectivity index is 1.34. The van der Waals surface area contributed by atoms with Gasteiger partial charge >= 0.3 is 0 Å². The Morgan fingerprint density at radius 1 is 0.871 bits per heavy atom. The lowest BCUT2D eigenvalue weighted by Crippen LogP contribution is -2.14. The van der Waals surface area contributed by atoms with Crippen molar-refractivity contribution >= 4 is 33.7 Å². The molecule has 0 bridgehead atoms. The molecule has 31 heavy (non-hydrogen) atoms. The van der Waals surface area contributed by atoms with Gasteiger partial charge in [0.15, 0.2) is 0 Å². The maximum atomic E-state index is 12.7. The summed E-state index contributed by atoms with van der Waals surface area (Å²) in [5.74, 6) is -0.0408. The van der Waals surface area contributed by atoms with Crippen LogP contribution in [0, 0.1) is 0 Å². The fourth-order valence-electron chi connectivity index (χ4n) is 3.59. The Morgan fingerprint density at radius 3 is 2.61 bits per heavy atom. The number of carbonyl (C=O) groups excluding carboxylic acids is 1. The van der Waals surface area contributed by atoms with Crippen molar-refractivity contribution < 1.29 is 4.79 Å². The molecule has 2 aromatic heterocycles. The van der Waals surface area contributed by atoms with Gasteiger partial charge in [0, 0.05) is 22.8 Å². The third kappa shape index (κ3) is 4.22. The molecule has 5 aromatic rings. The molecule has 0 unspecified atom stereocenters. The van der Waals surface area contributed by atoms with Crippen molar-refractivity contribution in [2.45, 2.75) is 6.42 Å². The second-order valence-electron chi connectivity index (χ2n) is 7.20. The highest BCUT2D eigenvalue weighted by molar-refractivity contribution is 7.13. The lowest BCUT2D eigenvalue weighted by Gasteiger charge is -2.09. The monoisotopic (exact) mass is 421 g/mol. The third-order valence-corrected chi connectivity index (χ3v) is 5.93. The first-order valence-corrected chi connectivity index (χ1v) is 10.9. The van der Waals surface area contributed by atoms with E-state index in [0.29, 0.717) is 6.42 Å². The topological polar surface area (TPSA) is 54.9 Å². The average molecular weight is 422 g/mol. The molecule has 0 saturated carbocycles. The highest BCUT2D eigenvalue weighted by atomic mass is 32.1. The number of hydrogen-bond donors (Lipinski definition) is 1. The number of thiazole rings is 1. The summed E-state index contributed by atoms with van der Waals surface area (Å²) in [6, 6.07) is 27.8. The molecule has 5 rings (SSSR count). The Labute approximate surface area is 184 Å². The van der Waals surface area contributed by atoms with E-state index in [9.17, 15) is 4.79 Å². The molecule has 3 aromatic carbocycles. The highest BCUT2D eigenvalue weighted by Gasteiger charge is 2.10. The van der Waals surface area contributed by atoms with Crippen molar-refractivity contribution in [3.63, 3.8) is 0 Å². The predicted octanol–water partition coefficient (Wildman–Crippen LogP) is 6.21. The average Bonchev–Trinajstić information content (AvgIpc) is 3.31. The first kappa shape index (κ1) is 19.2. The van der Waals surface area contributed by atoms with Gasteiger partial charge in [-0.2, -0.15) is 0 Å². The number of pyridine rings is 1. The van der Waals surface area contributed by atoms with Gasteiger partial charge in [0.05, 0.1) is 17.8 Å². The predicted molar refractivity (Wildman–Crippen MR) is 127 cm³/mol. The number of nitrogens with one attached hydrogen (secondary N) is 1. The van der Waals surface area contributed by atoms with Crippen LogP contribution < -0.4 is 5.32 Å². The van der Waals surface area contributed by atoms with Crippen molar-refractivity contribution in [1.82, 2.24) is 9.97 Å². The Hall–Kier alpha value is -3.83. The van der Waals surface area contributed by atoms with Gasteiger partial charge in [-0.05, 0) is 40.6 Å². The summed E-state index contributed by atoms with van der Waals surface area (Å²) >= 11 is 1.56. The normalized spacial score (nSPS) is 10.8. The minimum atomic E-state index is -0.0408. The van der Waals surface area contributed by atoms with Crippen LogP contribution in [0.15, 0.2) is 96.5 Å². The van der Waals surface area contributed by atoms with Crippen molar-refractivity contribution in [3.05, 3.63) is 102 Å². The first-order valence-electron chi connectivity index (χ1n) is 10.0. The third-order valence-electron chi connectivity index (χ3n) is 5.06. The summed E-state index contributed by atoms with van der Waals surface area (Å²) in [6.07, 6.45) is 2.09. The number of amides is 1. The van der Waals surface area contributed by atoms with Crippen molar-refractivity contribution in [3.8, 4) is 22.0 Å². The van der Waals surface area contributed by atoms with Crippen LogP contribution in [0.2, 0.25) is 0 Å². The minimum Gasteiger partial charge on any atom is -0.326 e. The Kier molecular flexibility index (Phi) is 5.25. The smallest absolute Gasteiger partial charge is 0.228 e. The molecular formula is C26H19N3OS. The number of fused-ring (bicyclic) bond motifs is 1. The van der Waals surface area contributed by atoms with E-state index in [1.54, 1.807) is 17.5 Å². The van der Waals surface area contributed by atoms with Crippen LogP contribution in [0.4, 0.5) is 5.69 Å². The van der Waals surface area contributed by atoms with Crippen LogP contribution in [0.1, 0.15) is 5.56 Å². The van der Waals surface area contributed by atoms with Crippen LogP contribution in [-0.4, -0.2) is 15.9 Å². The summed E-state index contributed by atoms with van der Waals surface area (Å²) < 4.78 is 0. The molecule has 2 heterocycles. The quantitative estimate of drug-likeness (QED) is 0.367. The molecule has 1 N–H and O–H groups in total. The minimum absolute atomic E-state index is 0.0408. The molecule has 1 amide bonds. The van der Waals surface area contributed by atoms with Crippen LogP contribution in [0.25, 0.3) is 32.7 Å². The molecule has 4 nitrogen and oxygen atoms in total.